The van der Waals surface area contributed by atoms with Gasteiger partial charge in [0.25, 0.3) is 5.91 Å². The number of aryl methyl sites for hydroxylation is 1. The number of hydrogen-bond donors (Lipinski definition) is 2. The molecule has 0 bridgehead atoms. The van der Waals surface area contributed by atoms with Crippen LogP contribution in [0.1, 0.15) is 21.6 Å². The maximum atomic E-state index is 12.3. The first-order chi connectivity index (χ1) is 12.6. The van der Waals surface area contributed by atoms with E-state index in [1.807, 2.05) is 61.5 Å². The topological polar surface area (TPSA) is 54.0 Å². The van der Waals surface area contributed by atoms with E-state index in [2.05, 4.69) is 15.6 Å². The van der Waals surface area contributed by atoms with Crippen molar-refractivity contribution in [1.82, 2.24) is 10.3 Å². The molecule has 1 aromatic heterocycles. The Labute approximate surface area is 158 Å². The van der Waals surface area contributed by atoms with Crippen LogP contribution in [0.15, 0.2) is 66.9 Å². The summed E-state index contributed by atoms with van der Waals surface area (Å²) in [7, 11) is 0. The zero-order valence-electron chi connectivity index (χ0n) is 14.5. The van der Waals surface area contributed by atoms with Crippen LogP contribution in [0.4, 0.5) is 11.4 Å². The van der Waals surface area contributed by atoms with Gasteiger partial charge < -0.3 is 10.6 Å². The first-order valence-electron chi connectivity index (χ1n) is 8.42. The number of carbonyl (C=O) groups excluding carboxylic acids is 1. The number of nitrogens with zero attached hydrogens (tertiary/aromatic N) is 1. The van der Waals surface area contributed by atoms with E-state index in [0.29, 0.717) is 17.3 Å². The first-order valence-corrected chi connectivity index (χ1v) is 8.80. The van der Waals surface area contributed by atoms with Gasteiger partial charge in [-0.2, -0.15) is 0 Å². The molecular weight excluding hydrogens is 346 g/mol. The van der Waals surface area contributed by atoms with Crippen molar-refractivity contribution in [2.75, 3.05) is 11.9 Å². The Hall–Kier alpha value is -2.85. The minimum absolute atomic E-state index is 0.188. The SMILES string of the molecule is Cc1ccc(Nc2ccnc(C(=O)NCCc3ccc(Cl)cc3)c2)cc1. The second kappa shape index (κ2) is 8.50. The van der Waals surface area contributed by atoms with Gasteiger partial charge in [0, 0.05) is 29.1 Å². The summed E-state index contributed by atoms with van der Waals surface area (Å²) in [6.45, 7) is 2.58. The lowest BCUT2D eigenvalue weighted by Gasteiger charge is -2.09. The van der Waals surface area contributed by atoms with Gasteiger partial charge in [0.15, 0.2) is 0 Å². The number of anilines is 2. The van der Waals surface area contributed by atoms with Gasteiger partial charge in [-0.3, -0.25) is 9.78 Å². The molecule has 0 saturated carbocycles. The lowest BCUT2D eigenvalue weighted by Crippen LogP contribution is -2.26. The van der Waals surface area contributed by atoms with E-state index in [1.54, 1.807) is 12.3 Å². The Morgan fingerprint density at radius 1 is 1.00 bits per heavy atom. The highest BCUT2D eigenvalue weighted by Crippen LogP contribution is 2.17. The number of pyridine rings is 1. The Balaban J connectivity index is 1.57. The predicted octanol–water partition coefficient (Wildman–Crippen LogP) is 4.76. The number of amides is 1. The highest BCUT2D eigenvalue weighted by atomic mass is 35.5. The second-order valence-electron chi connectivity index (χ2n) is 6.05. The molecule has 0 aliphatic carbocycles. The van der Waals surface area contributed by atoms with Gasteiger partial charge in [-0.1, -0.05) is 41.4 Å². The number of nitrogens with one attached hydrogen (secondary N) is 2. The Morgan fingerprint density at radius 2 is 1.73 bits per heavy atom. The summed E-state index contributed by atoms with van der Waals surface area (Å²) in [5, 5.41) is 6.89. The van der Waals surface area contributed by atoms with Crippen molar-refractivity contribution in [2.24, 2.45) is 0 Å². The average molecular weight is 366 g/mol. The molecule has 0 atom stereocenters. The summed E-state index contributed by atoms with van der Waals surface area (Å²) in [6, 6.07) is 19.3. The van der Waals surface area contributed by atoms with Crippen molar-refractivity contribution in [2.45, 2.75) is 13.3 Å². The molecule has 1 heterocycles. The normalized spacial score (nSPS) is 10.4. The molecular formula is C21H20ClN3O. The molecule has 3 aromatic rings. The molecule has 0 spiro atoms. The van der Waals surface area contributed by atoms with Crippen LogP contribution in [-0.4, -0.2) is 17.4 Å². The van der Waals surface area contributed by atoms with Crippen LogP contribution in [0.5, 0.6) is 0 Å². The van der Waals surface area contributed by atoms with Gasteiger partial charge in [0.1, 0.15) is 5.69 Å². The molecule has 0 unspecified atom stereocenters. The van der Waals surface area contributed by atoms with Gasteiger partial charge in [-0.15, -0.1) is 0 Å². The Morgan fingerprint density at radius 3 is 2.46 bits per heavy atom. The third kappa shape index (κ3) is 5.07. The Kier molecular flexibility index (Phi) is 5.87. The van der Waals surface area contributed by atoms with E-state index in [9.17, 15) is 4.79 Å². The van der Waals surface area contributed by atoms with Crippen LogP contribution in [-0.2, 0) is 6.42 Å². The average Bonchev–Trinajstić information content (AvgIpc) is 2.65. The number of benzene rings is 2. The molecule has 0 radical (unpaired) electrons. The van der Waals surface area contributed by atoms with Crippen LogP contribution in [0.25, 0.3) is 0 Å². The zero-order chi connectivity index (χ0) is 18.4. The minimum atomic E-state index is -0.188. The summed E-state index contributed by atoms with van der Waals surface area (Å²) < 4.78 is 0. The molecule has 2 aromatic carbocycles. The Bertz CT molecular complexity index is 877. The third-order valence-electron chi connectivity index (χ3n) is 3.95. The fourth-order valence-corrected chi connectivity index (χ4v) is 2.62. The molecule has 1 amide bonds. The van der Waals surface area contributed by atoms with E-state index in [4.69, 9.17) is 11.6 Å². The number of halogens is 1. The molecule has 3 rings (SSSR count). The van der Waals surface area contributed by atoms with Gasteiger partial charge in [-0.25, -0.2) is 0 Å². The molecule has 0 saturated heterocycles. The van der Waals surface area contributed by atoms with Crippen LogP contribution >= 0.6 is 11.6 Å². The smallest absolute Gasteiger partial charge is 0.269 e. The van der Waals surface area contributed by atoms with Crippen molar-refractivity contribution in [3.63, 3.8) is 0 Å². The van der Waals surface area contributed by atoms with E-state index in [-0.39, 0.29) is 5.91 Å². The fraction of sp³-hybridized carbons (Fsp3) is 0.143. The van der Waals surface area contributed by atoms with Crippen LogP contribution in [0.2, 0.25) is 5.02 Å². The van der Waals surface area contributed by atoms with Gasteiger partial charge >= 0.3 is 0 Å². The van der Waals surface area contributed by atoms with Crippen LogP contribution < -0.4 is 10.6 Å². The lowest BCUT2D eigenvalue weighted by atomic mass is 10.1. The largest absolute Gasteiger partial charge is 0.355 e. The summed E-state index contributed by atoms with van der Waals surface area (Å²) in [5.41, 5.74) is 4.50. The molecule has 4 nitrogen and oxygen atoms in total. The van der Waals surface area contributed by atoms with Crippen molar-refractivity contribution in [3.8, 4) is 0 Å². The number of hydrogen-bond acceptors (Lipinski definition) is 3. The fourth-order valence-electron chi connectivity index (χ4n) is 2.50. The zero-order valence-corrected chi connectivity index (χ0v) is 15.3. The van der Waals surface area contributed by atoms with Crippen molar-refractivity contribution >= 4 is 28.9 Å². The molecule has 0 fully saturated rings. The van der Waals surface area contributed by atoms with Crippen molar-refractivity contribution < 1.29 is 4.79 Å². The number of aromatic nitrogens is 1. The summed E-state index contributed by atoms with van der Waals surface area (Å²) in [5.74, 6) is -0.188. The lowest BCUT2D eigenvalue weighted by molar-refractivity contribution is 0.0949. The summed E-state index contributed by atoms with van der Waals surface area (Å²) in [6.07, 6.45) is 2.37. The van der Waals surface area contributed by atoms with Crippen LogP contribution in [0, 0.1) is 6.92 Å². The minimum Gasteiger partial charge on any atom is -0.355 e. The maximum Gasteiger partial charge on any atom is 0.269 e. The summed E-state index contributed by atoms with van der Waals surface area (Å²) in [4.78, 5) is 16.5. The maximum absolute atomic E-state index is 12.3. The first kappa shape index (κ1) is 18.0. The molecule has 132 valence electrons. The predicted molar refractivity (Wildman–Crippen MR) is 106 cm³/mol. The molecule has 0 aliphatic heterocycles. The summed E-state index contributed by atoms with van der Waals surface area (Å²) >= 11 is 5.87. The number of rotatable bonds is 6. The third-order valence-corrected chi connectivity index (χ3v) is 4.20. The highest BCUT2D eigenvalue weighted by Gasteiger charge is 2.08. The van der Waals surface area contributed by atoms with Crippen molar-refractivity contribution in [1.29, 1.82) is 0 Å². The highest BCUT2D eigenvalue weighted by molar-refractivity contribution is 6.30. The molecule has 5 heteroatoms. The quantitative estimate of drug-likeness (QED) is 0.662. The monoisotopic (exact) mass is 365 g/mol. The van der Waals surface area contributed by atoms with Gasteiger partial charge in [0.05, 0.1) is 0 Å². The van der Waals surface area contributed by atoms with E-state index in [1.165, 1.54) is 5.56 Å². The number of carbonyl (C=O) groups is 1. The van der Waals surface area contributed by atoms with E-state index >= 15 is 0 Å². The van der Waals surface area contributed by atoms with Gasteiger partial charge in [-0.05, 0) is 55.3 Å². The van der Waals surface area contributed by atoms with Crippen molar-refractivity contribution in [3.05, 3.63) is 88.7 Å². The van der Waals surface area contributed by atoms with E-state index in [0.717, 1.165) is 23.4 Å². The van der Waals surface area contributed by atoms with Crippen LogP contribution in [0.3, 0.4) is 0 Å². The molecule has 0 aliphatic rings. The van der Waals surface area contributed by atoms with Gasteiger partial charge in [0.2, 0.25) is 0 Å². The second-order valence-corrected chi connectivity index (χ2v) is 6.49. The molecule has 26 heavy (non-hydrogen) atoms. The van der Waals surface area contributed by atoms with E-state index < -0.39 is 0 Å². The molecule has 2 N–H and O–H groups in total. The standard InChI is InChI=1S/C21H20ClN3O/c1-15-2-8-18(9-3-15)25-19-11-13-23-20(14-19)21(26)24-12-10-16-4-6-17(22)7-5-16/h2-9,11,13-14H,10,12H2,1H3,(H,23,25)(H,24,26).